The average Bonchev–Trinajstić information content (AvgIpc) is 3.23. The van der Waals surface area contributed by atoms with Crippen LogP contribution in [0.4, 0.5) is 4.79 Å². The van der Waals surface area contributed by atoms with Crippen LogP contribution in [0.15, 0.2) is 71.1 Å². The molecular weight excluding hydrogens is 448 g/mol. The molecule has 4 aromatic rings. The Labute approximate surface area is 192 Å². The van der Waals surface area contributed by atoms with Crippen molar-refractivity contribution in [3.05, 3.63) is 87.2 Å². The standard InChI is InChI=1S/C23H19ClN4O3S/c24-17-8-6-16(7-9-17)18-13-32-21-20(18)22(30)28(14-26-21)11-10-19(29)27-23(31)25-12-15-4-2-1-3-5-15/h1-9,13-14H,10-12H2,(H2,25,27,29,31). The highest BCUT2D eigenvalue weighted by molar-refractivity contribution is 7.17. The highest BCUT2D eigenvalue weighted by Gasteiger charge is 2.14. The molecule has 2 aromatic carbocycles. The first-order valence-electron chi connectivity index (χ1n) is 9.85. The zero-order chi connectivity index (χ0) is 22.5. The molecule has 2 N–H and O–H groups in total. The first-order valence-corrected chi connectivity index (χ1v) is 11.1. The van der Waals surface area contributed by atoms with Crippen LogP contribution in [0.2, 0.25) is 5.02 Å². The number of aromatic nitrogens is 2. The normalized spacial score (nSPS) is 10.8. The number of halogens is 1. The summed E-state index contributed by atoms with van der Waals surface area (Å²) in [7, 11) is 0. The van der Waals surface area contributed by atoms with Crippen molar-refractivity contribution in [2.45, 2.75) is 19.5 Å². The van der Waals surface area contributed by atoms with Gasteiger partial charge in [0.2, 0.25) is 5.91 Å². The Balaban J connectivity index is 1.41. The van der Waals surface area contributed by atoms with E-state index in [9.17, 15) is 14.4 Å². The molecule has 4 rings (SSSR count). The minimum Gasteiger partial charge on any atom is -0.334 e. The second-order valence-corrected chi connectivity index (χ2v) is 8.34. The van der Waals surface area contributed by atoms with Gasteiger partial charge in [-0.3, -0.25) is 19.5 Å². The predicted octanol–water partition coefficient (Wildman–Crippen LogP) is 4.19. The Morgan fingerprint density at radius 1 is 1.06 bits per heavy atom. The van der Waals surface area contributed by atoms with Crippen LogP contribution in [0.25, 0.3) is 21.3 Å². The van der Waals surface area contributed by atoms with Crippen molar-refractivity contribution in [2.75, 3.05) is 0 Å². The lowest BCUT2D eigenvalue weighted by molar-refractivity contribution is -0.120. The molecule has 0 aliphatic heterocycles. The Morgan fingerprint density at radius 3 is 2.56 bits per heavy atom. The quantitative estimate of drug-likeness (QED) is 0.445. The van der Waals surface area contributed by atoms with Gasteiger partial charge in [0, 0.05) is 35.5 Å². The van der Waals surface area contributed by atoms with Gasteiger partial charge in [-0.25, -0.2) is 9.78 Å². The number of aryl methyl sites for hydroxylation is 1. The van der Waals surface area contributed by atoms with Crippen molar-refractivity contribution in [1.82, 2.24) is 20.2 Å². The van der Waals surface area contributed by atoms with E-state index < -0.39 is 11.9 Å². The van der Waals surface area contributed by atoms with Gasteiger partial charge in [0.1, 0.15) is 4.83 Å². The van der Waals surface area contributed by atoms with E-state index in [1.165, 1.54) is 22.2 Å². The smallest absolute Gasteiger partial charge is 0.321 e. The topological polar surface area (TPSA) is 93.1 Å². The molecule has 0 aliphatic rings. The number of imide groups is 1. The van der Waals surface area contributed by atoms with Gasteiger partial charge in [0.25, 0.3) is 5.56 Å². The zero-order valence-electron chi connectivity index (χ0n) is 16.9. The monoisotopic (exact) mass is 466 g/mol. The molecule has 9 heteroatoms. The summed E-state index contributed by atoms with van der Waals surface area (Å²) in [6.07, 6.45) is 1.39. The summed E-state index contributed by atoms with van der Waals surface area (Å²) in [6, 6.07) is 16.0. The summed E-state index contributed by atoms with van der Waals surface area (Å²) in [6.45, 7) is 0.418. The number of nitrogens with zero attached hydrogens (tertiary/aromatic N) is 2. The molecule has 0 radical (unpaired) electrons. The third-order valence-electron chi connectivity index (χ3n) is 4.84. The third-order valence-corrected chi connectivity index (χ3v) is 5.98. The molecule has 0 unspecified atom stereocenters. The van der Waals surface area contributed by atoms with E-state index in [0.717, 1.165) is 16.7 Å². The van der Waals surface area contributed by atoms with Gasteiger partial charge in [-0.2, -0.15) is 0 Å². The van der Waals surface area contributed by atoms with E-state index in [1.54, 1.807) is 12.1 Å². The van der Waals surface area contributed by atoms with Gasteiger partial charge in [-0.15, -0.1) is 11.3 Å². The minimum atomic E-state index is -0.581. The van der Waals surface area contributed by atoms with Gasteiger partial charge < -0.3 is 5.32 Å². The Bertz CT molecular complexity index is 1320. The number of rotatable bonds is 6. The summed E-state index contributed by atoms with van der Waals surface area (Å²) in [5.74, 6) is -0.481. The molecule has 0 atom stereocenters. The molecule has 3 amide bonds. The Morgan fingerprint density at radius 2 is 1.81 bits per heavy atom. The van der Waals surface area contributed by atoms with Gasteiger partial charge >= 0.3 is 6.03 Å². The van der Waals surface area contributed by atoms with Crippen molar-refractivity contribution < 1.29 is 9.59 Å². The van der Waals surface area contributed by atoms with Crippen LogP contribution in [0.1, 0.15) is 12.0 Å². The zero-order valence-corrected chi connectivity index (χ0v) is 18.4. The second kappa shape index (κ2) is 9.76. The number of hydrogen-bond acceptors (Lipinski definition) is 5. The summed E-state index contributed by atoms with van der Waals surface area (Å²) < 4.78 is 1.38. The van der Waals surface area contributed by atoms with Crippen molar-refractivity contribution >= 4 is 45.1 Å². The molecule has 0 bridgehead atoms. The predicted molar refractivity (Wildman–Crippen MR) is 126 cm³/mol. The van der Waals surface area contributed by atoms with Gasteiger partial charge in [0.05, 0.1) is 11.7 Å². The fourth-order valence-corrected chi connectivity index (χ4v) is 4.23. The van der Waals surface area contributed by atoms with Gasteiger partial charge in [-0.05, 0) is 23.3 Å². The molecule has 2 heterocycles. The lowest BCUT2D eigenvalue weighted by atomic mass is 10.1. The number of benzene rings is 2. The Hall–Kier alpha value is -3.49. The molecule has 0 saturated carbocycles. The van der Waals surface area contributed by atoms with Gasteiger partial charge in [0.15, 0.2) is 0 Å². The molecular formula is C23H19ClN4O3S. The molecule has 7 nitrogen and oxygen atoms in total. The van der Waals surface area contributed by atoms with E-state index in [1.807, 2.05) is 47.8 Å². The SMILES string of the molecule is O=C(CCn1cnc2scc(-c3ccc(Cl)cc3)c2c1=O)NC(=O)NCc1ccccc1. The molecule has 0 saturated heterocycles. The number of amides is 3. The number of carbonyl (C=O) groups is 2. The lowest BCUT2D eigenvalue weighted by Gasteiger charge is -2.08. The summed E-state index contributed by atoms with van der Waals surface area (Å²) in [4.78, 5) is 42.1. The number of urea groups is 1. The molecule has 0 aliphatic carbocycles. The fourth-order valence-electron chi connectivity index (χ4n) is 3.20. The number of nitrogens with one attached hydrogen (secondary N) is 2. The minimum absolute atomic E-state index is 0.0355. The number of hydrogen-bond donors (Lipinski definition) is 2. The van der Waals surface area contributed by atoms with Crippen molar-refractivity contribution in [2.24, 2.45) is 0 Å². The number of thiophene rings is 1. The Kier molecular flexibility index (Phi) is 6.63. The highest BCUT2D eigenvalue weighted by atomic mass is 35.5. The molecule has 2 aromatic heterocycles. The van der Waals surface area contributed by atoms with Crippen LogP contribution in [-0.4, -0.2) is 21.5 Å². The van der Waals surface area contributed by atoms with Crippen LogP contribution >= 0.6 is 22.9 Å². The summed E-state index contributed by atoms with van der Waals surface area (Å²) in [5, 5.41) is 7.91. The van der Waals surface area contributed by atoms with Crippen molar-refractivity contribution in [3.63, 3.8) is 0 Å². The summed E-state index contributed by atoms with van der Waals surface area (Å²) in [5.41, 5.74) is 2.33. The van der Waals surface area contributed by atoms with Crippen molar-refractivity contribution in [1.29, 1.82) is 0 Å². The molecule has 0 fully saturated rings. The largest absolute Gasteiger partial charge is 0.334 e. The maximum Gasteiger partial charge on any atom is 0.321 e. The van der Waals surface area contributed by atoms with Crippen LogP contribution in [0.3, 0.4) is 0 Å². The van der Waals surface area contributed by atoms with E-state index in [2.05, 4.69) is 15.6 Å². The number of carbonyl (C=O) groups excluding carboxylic acids is 2. The fraction of sp³-hybridized carbons (Fsp3) is 0.130. The maximum atomic E-state index is 13.0. The van der Waals surface area contributed by atoms with Crippen LogP contribution in [-0.2, 0) is 17.9 Å². The van der Waals surface area contributed by atoms with E-state index in [0.29, 0.717) is 21.8 Å². The van der Waals surface area contributed by atoms with Crippen LogP contribution in [0.5, 0.6) is 0 Å². The summed E-state index contributed by atoms with van der Waals surface area (Å²) >= 11 is 7.35. The third kappa shape index (κ3) is 5.04. The van der Waals surface area contributed by atoms with Crippen LogP contribution in [0, 0.1) is 0 Å². The first kappa shape index (κ1) is 21.7. The van der Waals surface area contributed by atoms with Crippen molar-refractivity contribution in [3.8, 4) is 11.1 Å². The molecule has 32 heavy (non-hydrogen) atoms. The van der Waals surface area contributed by atoms with E-state index in [-0.39, 0.29) is 18.5 Å². The maximum absolute atomic E-state index is 13.0. The van der Waals surface area contributed by atoms with Crippen LogP contribution < -0.4 is 16.2 Å². The molecule has 162 valence electrons. The number of fused-ring (bicyclic) bond motifs is 1. The first-order chi connectivity index (χ1) is 15.5. The van der Waals surface area contributed by atoms with E-state index >= 15 is 0 Å². The lowest BCUT2D eigenvalue weighted by Crippen LogP contribution is -2.39. The molecule has 0 spiro atoms. The van der Waals surface area contributed by atoms with E-state index in [4.69, 9.17) is 11.6 Å². The average molecular weight is 467 g/mol. The second-order valence-electron chi connectivity index (χ2n) is 7.05. The van der Waals surface area contributed by atoms with Gasteiger partial charge in [-0.1, -0.05) is 54.1 Å². The highest BCUT2D eigenvalue weighted by Crippen LogP contribution is 2.31.